The number of anilines is 2. The summed E-state index contributed by atoms with van der Waals surface area (Å²) >= 11 is 0. The highest BCUT2D eigenvalue weighted by molar-refractivity contribution is 7.92. The Balaban J connectivity index is 1.24. The molecule has 2 fully saturated rings. The van der Waals surface area contributed by atoms with E-state index in [9.17, 15) is 18.0 Å². The molecule has 1 aromatic heterocycles. The molecular formula is C36H53N7O6S. The molecule has 5 rings (SSSR count). The Bertz CT molecular complexity index is 1800. The zero-order valence-electron chi connectivity index (χ0n) is 30.7. The summed E-state index contributed by atoms with van der Waals surface area (Å²) < 4.78 is 39.9. The molecule has 2 aromatic carbocycles. The number of aryl methyl sites for hydroxylation is 1. The number of fused-ring (bicyclic) bond motifs is 1. The van der Waals surface area contributed by atoms with E-state index in [4.69, 9.17) is 9.47 Å². The number of sulfonamides is 1. The molecule has 0 radical (unpaired) electrons. The summed E-state index contributed by atoms with van der Waals surface area (Å²) in [6.07, 6.45) is 2.52. The second-order valence-corrected chi connectivity index (χ2v) is 16.5. The van der Waals surface area contributed by atoms with Crippen LogP contribution in [0.2, 0.25) is 0 Å². The molecule has 0 atom stereocenters. The van der Waals surface area contributed by atoms with Crippen LogP contribution in [0.15, 0.2) is 36.4 Å². The summed E-state index contributed by atoms with van der Waals surface area (Å²) in [6.45, 7) is 12.1. The molecule has 3 aromatic rings. The van der Waals surface area contributed by atoms with Crippen molar-refractivity contribution in [2.75, 3.05) is 83.3 Å². The maximum absolute atomic E-state index is 13.3. The van der Waals surface area contributed by atoms with Crippen LogP contribution in [0.3, 0.4) is 0 Å². The first-order chi connectivity index (χ1) is 23.5. The molecule has 0 bridgehead atoms. The summed E-state index contributed by atoms with van der Waals surface area (Å²) in [5.74, 6) is 0.741. The van der Waals surface area contributed by atoms with Crippen LogP contribution in [0.4, 0.5) is 16.2 Å². The first-order valence-corrected chi connectivity index (χ1v) is 19.1. The Kier molecular flexibility index (Phi) is 11.4. The van der Waals surface area contributed by atoms with Crippen LogP contribution >= 0.6 is 0 Å². The predicted molar refractivity (Wildman–Crippen MR) is 198 cm³/mol. The summed E-state index contributed by atoms with van der Waals surface area (Å²) in [4.78, 5) is 35.3. The van der Waals surface area contributed by atoms with E-state index in [0.29, 0.717) is 38.1 Å². The van der Waals surface area contributed by atoms with Crippen molar-refractivity contribution in [1.82, 2.24) is 24.2 Å². The van der Waals surface area contributed by atoms with E-state index in [2.05, 4.69) is 44.9 Å². The quantitative estimate of drug-likeness (QED) is 0.319. The van der Waals surface area contributed by atoms with Gasteiger partial charge in [-0.2, -0.15) is 0 Å². The highest BCUT2D eigenvalue weighted by Gasteiger charge is 2.27. The number of carbonyl (C=O) groups is 2. The Morgan fingerprint density at radius 3 is 2.22 bits per heavy atom. The van der Waals surface area contributed by atoms with E-state index in [1.165, 1.54) is 7.11 Å². The normalized spacial score (nSPS) is 16.9. The molecule has 0 spiro atoms. The van der Waals surface area contributed by atoms with Gasteiger partial charge in [-0.1, -0.05) is 39.0 Å². The Hall–Kier alpha value is -3.85. The average Bonchev–Trinajstić information content (AvgIpc) is 3.35. The van der Waals surface area contributed by atoms with Crippen LogP contribution in [0.5, 0.6) is 11.6 Å². The fourth-order valence-electron chi connectivity index (χ4n) is 6.86. The van der Waals surface area contributed by atoms with Gasteiger partial charge < -0.3 is 23.8 Å². The van der Waals surface area contributed by atoms with Crippen molar-refractivity contribution in [3.05, 3.63) is 47.5 Å². The molecule has 0 saturated carbocycles. The molecule has 3 heterocycles. The van der Waals surface area contributed by atoms with Crippen LogP contribution in [-0.4, -0.2) is 124 Å². The number of hydrogen-bond donors (Lipinski definition) is 2. The van der Waals surface area contributed by atoms with E-state index >= 15 is 0 Å². The zero-order valence-corrected chi connectivity index (χ0v) is 31.5. The number of amides is 2. The lowest BCUT2D eigenvalue weighted by molar-refractivity contribution is -0.134. The highest BCUT2D eigenvalue weighted by atomic mass is 32.2. The SMILES string of the molecule is COc1c(NC(=O)Oc2cc3cccc(CN4CCN(C(=O)CN5CCC(N(C)C)CC5)CC4)c3n2C)cc(C(C)(C)C)cc1NS(C)(=O)=O. The van der Waals surface area contributed by atoms with Gasteiger partial charge in [-0.05, 0) is 55.6 Å². The number of methoxy groups -OCH3 is 1. The minimum atomic E-state index is -3.62. The second kappa shape index (κ2) is 15.2. The summed E-state index contributed by atoms with van der Waals surface area (Å²) in [5.41, 5.74) is 3.00. The van der Waals surface area contributed by atoms with Crippen LogP contribution in [0, 0.1) is 0 Å². The summed E-state index contributed by atoms with van der Waals surface area (Å²) in [5, 5.41) is 3.70. The van der Waals surface area contributed by atoms with Gasteiger partial charge in [0.15, 0.2) is 5.75 Å². The van der Waals surface area contributed by atoms with Crippen molar-refractivity contribution in [2.24, 2.45) is 7.05 Å². The Morgan fingerprint density at radius 1 is 0.960 bits per heavy atom. The molecular weight excluding hydrogens is 659 g/mol. The minimum Gasteiger partial charge on any atom is -0.492 e. The fourth-order valence-corrected chi connectivity index (χ4v) is 7.42. The van der Waals surface area contributed by atoms with Crippen molar-refractivity contribution < 1.29 is 27.5 Å². The number of ether oxygens (including phenoxy) is 2. The monoisotopic (exact) mass is 711 g/mol. The lowest BCUT2D eigenvalue weighted by Crippen LogP contribution is -2.52. The smallest absolute Gasteiger partial charge is 0.418 e. The lowest BCUT2D eigenvalue weighted by atomic mass is 9.86. The van der Waals surface area contributed by atoms with Gasteiger partial charge in [0.25, 0.3) is 0 Å². The van der Waals surface area contributed by atoms with Crippen LogP contribution in [0.25, 0.3) is 10.9 Å². The van der Waals surface area contributed by atoms with Crippen molar-refractivity contribution >= 4 is 44.3 Å². The molecule has 2 aliphatic rings. The van der Waals surface area contributed by atoms with E-state index in [-0.39, 0.29) is 28.4 Å². The fraction of sp³-hybridized carbons (Fsp3) is 0.556. The molecule has 14 heteroatoms. The van der Waals surface area contributed by atoms with E-state index in [1.54, 1.807) is 12.1 Å². The molecule has 0 aliphatic carbocycles. The van der Waals surface area contributed by atoms with Crippen LogP contribution < -0.4 is 19.5 Å². The van der Waals surface area contributed by atoms with Gasteiger partial charge in [0, 0.05) is 70.4 Å². The molecule has 50 heavy (non-hydrogen) atoms. The van der Waals surface area contributed by atoms with E-state index in [0.717, 1.165) is 67.3 Å². The van der Waals surface area contributed by atoms with E-state index < -0.39 is 16.1 Å². The van der Waals surface area contributed by atoms with Crippen molar-refractivity contribution in [1.29, 1.82) is 0 Å². The van der Waals surface area contributed by atoms with Crippen LogP contribution in [-0.2, 0) is 33.8 Å². The topological polar surface area (TPSA) is 129 Å². The third-order valence-corrected chi connectivity index (χ3v) is 10.3. The van der Waals surface area contributed by atoms with Crippen molar-refractivity contribution in [3.8, 4) is 11.6 Å². The van der Waals surface area contributed by atoms with Gasteiger partial charge in [0.05, 0.1) is 36.8 Å². The maximum atomic E-state index is 13.3. The number of nitrogens with zero attached hydrogens (tertiary/aromatic N) is 5. The summed E-state index contributed by atoms with van der Waals surface area (Å²) in [7, 11) is 3.91. The number of piperazine rings is 1. The first-order valence-electron chi connectivity index (χ1n) is 17.2. The summed E-state index contributed by atoms with van der Waals surface area (Å²) in [6, 6.07) is 12.0. The first kappa shape index (κ1) is 37.4. The number of rotatable bonds is 10. The number of likely N-dealkylation sites (tertiary alicyclic amines) is 1. The van der Waals surface area contributed by atoms with Gasteiger partial charge >= 0.3 is 6.09 Å². The number of para-hydroxylation sites is 1. The molecule has 13 nitrogen and oxygen atoms in total. The van der Waals surface area contributed by atoms with Crippen molar-refractivity contribution in [2.45, 2.75) is 51.6 Å². The second-order valence-electron chi connectivity index (χ2n) is 14.8. The third-order valence-electron chi connectivity index (χ3n) is 9.75. The maximum Gasteiger partial charge on any atom is 0.418 e. The molecule has 274 valence electrons. The molecule has 2 aliphatic heterocycles. The lowest BCUT2D eigenvalue weighted by Gasteiger charge is -2.38. The number of carbonyl (C=O) groups excluding carboxylic acids is 2. The van der Waals surface area contributed by atoms with Gasteiger partial charge in [0.1, 0.15) is 0 Å². The van der Waals surface area contributed by atoms with Gasteiger partial charge in [0.2, 0.25) is 21.8 Å². The predicted octanol–water partition coefficient (Wildman–Crippen LogP) is 4.14. The largest absolute Gasteiger partial charge is 0.492 e. The Morgan fingerprint density at radius 2 is 1.62 bits per heavy atom. The molecule has 0 unspecified atom stereocenters. The number of nitrogens with one attached hydrogen (secondary N) is 2. The molecule has 2 N–H and O–H groups in total. The standard InChI is InChI=1S/C36H53N7O6S/c1-36(2,3)27-21-29(34(48-7)30(22-27)38-50(8,46)47)37-35(45)49-32-20-25-10-9-11-26(33(25)40(32)6)23-42-16-18-43(19-17-42)31(44)24-41-14-12-28(13-15-41)39(4)5/h9-11,20-22,28,38H,12-19,23-24H2,1-8H3,(H,37,45). The Labute approximate surface area is 296 Å². The minimum absolute atomic E-state index is 0.172. The van der Waals surface area contributed by atoms with Gasteiger partial charge in [-0.25, -0.2) is 13.2 Å². The number of piperidine rings is 1. The number of hydrogen-bond acceptors (Lipinski definition) is 9. The average molecular weight is 712 g/mol. The molecule has 2 amide bonds. The molecule has 2 saturated heterocycles. The zero-order chi connectivity index (χ0) is 36.4. The van der Waals surface area contributed by atoms with Gasteiger partial charge in [-0.15, -0.1) is 0 Å². The van der Waals surface area contributed by atoms with Crippen LogP contribution in [0.1, 0.15) is 44.7 Å². The van der Waals surface area contributed by atoms with Gasteiger partial charge in [-0.3, -0.25) is 24.6 Å². The van der Waals surface area contributed by atoms with E-state index in [1.807, 2.05) is 55.5 Å². The van der Waals surface area contributed by atoms with Crippen molar-refractivity contribution in [3.63, 3.8) is 0 Å². The highest BCUT2D eigenvalue weighted by Crippen LogP contribution is 2.39. The third kappa shape index (κ3) is 9.08. The number of benzene rings is 2. The number of aromatic nitrogens is 1.